The maximum Gasteiger partial charge on any atom is 0.108 e. The molecule has 0 aromatic carbocycles. The summed E-state index contributed by atoms with van der Waals surface area (Å²) in [6.45, 7) is 16.9. The zero-order valence-corrected chi connectivity index (χ0v) is 12.1. The fourth-order valence-electron chi connectivity index (χ4n) is 0.289. The molecule has 0 aromatic heterocycles. The molecule has 0 N–H and O–H groups in total. The van der Waals surface area contributed by atoms with Gasteiger partial charge in [0.2, 0.25) is 0 Å². The van der Waals surface area contributed by atoms with Crippen LogP contribution >= 0.6 is 0 Å². The summed E-state index contributed by atoms with van der Waals surface area (Å²) in [5, 5.41) is 0. The van der Waals surface area contributed by atoms with Crippen LogP contribution in [0.3, 0.4) is 0 Å². The summed E-state index contributed by atoms with van der Waals surface area (Å²) in [6, 6.07) is 0. The molecule has 1 radical (unpaired) electrons. The van der Waals surface area contributed by atoms with Crippen molar-refractivity contribution in [2.24, 2.45) is 0 Å². The van der Waals surface area contributed by atoms with E-state index in [9.17, 15) is 0 Å². The van der Waals surface area contributed by atoms with Gasteiger partial charge in [0.15, 0.2) is 0 Å². The Kier molecular flexibility index (Phi) is 87.5. The van der Waals surface area contributed by atoms with Gasteiger partial charge in [-0.3, -0.25) is 0 Å². The molecular weight excluding hydrogens is 167 g/mol. The fourth-order valence-corrected chi connectivity index (χ4v) is 0.289. The monoisotopic (exact) mass is 201 g/mol. The minimum atomic E-state index is 1.22. The summed E-state index contributed by atoms with van der Waals surface area (Å²) in [5.74, 6) is 0. The number of rotatable bonds is 3. The first-order chi connectivity index (χ1) is 6.74. The molecule has 0 rings (SSSR count). The zero-order chi connectivity index (χ0) is 12.2. The van der Waals surface area contributed by atoms with E-state index in [0.717, 1.165) is 0 Å². The van der Waals surface area contributed by atoms with Crippen LogP contribution in [0.2, 0.25) is 12.6 Å². The Morgan fingerprint density at radius 2 is 0.857 bits per heavy atom. The molecule has 0 saturated carbocycles. The molecule has 0 aromatic rings. The molecule has 1 heteroatoms. The van der Waals surface area contributed by atoms with Gasteiger partial charge in [0.05, 0.1) is 0 Å². The molecule has 0 fully saturated rings. The van der Waals surface area contributed by atoms with Gasteiger partial charge in [-0.1, -0.05) is 87.3 Å². The van der Waals surface area contributed by atoms with Gasteiger partial charge >= 0.3 is 0 Å². The number of hydrogen-bond donors (Lipinski definition) is 0. The molecule has 0 spiro atoms. The predicted molar refractivity (Wildman–Crippen MR) is 74.6 cm³/mol. The summed E-state index contributed by atoms with van der Waals surface area (Å²) >= 11 is 0. The lowest BCUT2D eigenvalue weighted by molar-refractivity contribution is 0.886. The second-order valence-electron chi connectivity index (χ2n) is 2.81. The van der Waals surface area contributed by atoms with E-state index in [1.165, 1.54) is 31.9 Å². The van der Waals surface area contributed by atoms with Gasteiger partial charge < -0.3 is 0 Å². The molecule has 0 aliphatic rings. The van der Waals surface area contributed by atoms with E-state index in [1.54, 1.807) is 0 Å². The zero-order valence-electron chi connectivity index (χ0n) is 12.1. The van der Waals surface area contributed by atoms with Gasteiger partial charge in [-0.25, -0.2) is 0 Å². The van der Waals surface area contributed by atoms with Crippen molar-refractivity contribution in [2.75, 3.05) is 0 Å². The highest BCUT2D eigenvalue weighted by molar-refractivity contribution is 6.34. The molecule has 0 bridgehead atoms. The summed E-state index contributed by atoms with van der Waals surface area (Å²) in [6.07, 6.45) is 6.33. The molecule has 0 heterocycles. The smallest absolute Gasteiger partial charge is 0.0831 e. The van der Waals surface area contributed by atoms with E-state index in [2.05, 4.69) is 48.8 Å². The molecule has 89 valence electrons. The lowest BCUT2D eigenvalue weighted by Crippen LogP contribution is -1.76. The highest BCUT2D eigenvalue weighted by atomic mass is 13.6. The summed E-state index contributed by atoms with van der Waals surface area (Å²) < 4.78 is 0. The van der Waals surface area contributed by atoms with Crippen LogP contribution in [0.15, 0.2) is 0 Å². The largest absolute Gasteiger partial charge is 0.108 e. The molecule has 0 nitrogen and oxygen atoms in total. The molecule has 0 atom stereocenters. The van der Waals surface area contributed by atoms with Gasteiger partial charge in [0.1, 0.15) is 7.28 Å². The predicted octanol–water partition coefficient (Wildman–Crippen LogP) is 5.82. The number of hydrogen-bond acceptors (Lipinski definition) is 0. The van der Waals surface area contributed by atoms with Crippen LogP contribution in [-0.4, -0.2) is 7.28 Å². The van der Waals surface area contributed by atoms with E-state index < -0.39 is 0 Å². The van der Waals surface area contributed by atoms with Crippen LogP contribution in [0.5, 0.6) is 0 Å². The second kappa shape index (κ2) is 51.7. The van der Waals surface area contributed by atoms with Gasteiger partial charge in [0.25, 0.3) is 0 Å². The summed E-state index contributed by atoms with van der Waals surface area (Å²) in [7, 11) is 2.25. The quantitative estimate of drug-likeness (QED) is 0.505. The van der Waals surface area contributed by atoms with Crippen LogP contribution < -0.4 is 0 Å². The van der Waals surface area contributed by atoms with Crippen LogP contribution in [0, 0.1) is 0 Å². The molecule has 0 aliphatic heterocycles. The third kappa shape index (κ3) is 157. The third-order valence-corrected chi connectivity index (χ3v) is 1.08. The van der Waals surface area contributed by atoms with E-state index in [4.69, 9.17) is 0 Å². The minimum absolute atomic E-state index is 1.22. The van der Waals surface area contributed by atoms with Crippen molar-refractivity contribution >= 4 is 7.28 Å². The molecule has 0 unspecified atom stereocenters. The standard InChI is InChI=1S/C4H10B.C4H10.C3H8.C2H6/c1-3-5-4-2;1-3-4-2;1-3-2;1-2/h3-4H2,1-2H3;3-4H2,1-2H3;3H2,1-2H3;1-2H3. The van der Waals surface area contributed by atoms with E-state index in [0.29, 0.717) is 0 Å². The van der Waals surface area contributed by atoms with Crippen LogP contribution in [0.25, 0.3) is 0 Å². The van der Waals surface area contributed by atoms with Crippen molar-refractivity contribution in [2.45, 2.75) is 87.3 Å². The van der Waals surface area contributed by atoms with Crippen molar-refractivity contribution in [3.63, 3.8) is 0 Å². The maximum absolute atomic E-state index is 2.25. The maximum atomic E-state index is 2.25. The molecule has 0 aliphatic carbocycles. The molecular formula is C13H34B. The van der Waals surface area contributed by atoms with Crippen molar-refractivity contribution in [3.05, 3.63) is 0 Å². The van der Waals surface area contributed by atoms with Crippen molar-refractivity contribution < 1.29 is 0 Å². The van der Waals surface area contributed by atoms with Crippen LogP contribution in [-0.2, 0) is 0 Å². The van der Waals surface area contributed by atoms with Gasteiger partial charge in [-0.15, -0.1) is 0 Å². The minimum Gasteiger partial charge on any atom is -0.0831 e. The average molecular weight is 201 g/mol. The first-order valence-electron chi connectivity index (χ1n) is 6.56. The molecule has 14 heavy (non-hydrogen) atoms. The Hall–Kier alpha value is 0.0649. The van der Waals surface area contributed by atoms with Crippen LogP contribution in [0.1, 0.15) is 74.7 Å². The topological polar surface area (TPSA) is 0 Å². The van der Waals surface area contributed by atoms with Crippen molar-refractivity contribution in [1.29, 1.82) is 0 Å². The summed E-state index contributed by atoms with van der Waals surface area (Å²) in [4.78, 5) is 0. The Balaban J connectivity index is -0.0000000505. The average Bonchev–Trinajstić information content (AvgIpc) is 2.24. The first kappa shape index (κ1) is 23.7. The Morgan fingerprint density at radius 1 is 0.643 bits per heavy atom. The van der Waals surface area contributed by atoms with Crippen molar-refractivity contribution in [3.8, 4) is 0 Å². The van der Waals surface area contributed by atoms with Gasteiger partial charge in [0, 0.05) is 0 Å². The summed E-state index contributed by atoms with van der Waals surface area (Å²) in [5.41, 5.74) is 0. The van der Waals surface area contributed by atoms with E-state index in [-0.39, 0.29) is 0 Å². The molecule has 0 saturated heterocycles. The van der Waals surface area contributed by atoms with Crippen molar-refractivity contribution in [1.82, 2.24) is 0 Å². The SMILES string of the molecule is CC.CCC.CCCC.CC[B]CC. The van der Waals surface area contributed by atoms with E-state index in [1.807, 2.05) is 13.8 Å². The fraction of sp³-hybridized carbons (Fsp3) is 1.00. The Bertz CT molecular complexity index is 32.2. The Morgan fingerprint density at radius 3 is 0.857 bits per heavy atom. The Labute approximate surface area is 95.1 Å². The normalized spacial score (nSPS) is 6.57. The van der Waals surface area contributed by atoms with Gasteiger partial charge in [-0.2, -0.15) is 0 Å². The molecule has 0 amide bonds. The van der Waals surface area contributed by atoms with E-state index >= 15 is 0 Å². The third-order valence-electron chi connectivity index (χ3n) is 1.08. The first-order valence-corrected chi connectivity index (χ1v) is 6.56. The lowest BCUT2D eigenvalue weighted by Gasteiger charge is -1.75. The highest BCUT2D eigenvalue weighted by Gasteiger charge is 1.72. The number of unbranched alkanes of at least 4 members (excludes halogenated alkanes) is 1. The van der Waals surface area contributed by atoms with Gasteiger partial charge in [-0.05, 0) is 0 Å². The highest BCUT2D eigenvalue weighted by Crippen LogP contribution is 1.77. The lowest BCUT2D eigenvalue weighted by atomic mass is 9.73. The van der Waals surface area contributed by atoms with Crippen LogP contribution in [0.4, 0.5) is 0 Å². The second-order valence-corrected chi connectivity index (χ2v) is 2.81.